The summed E-state index contributed by atoms with van der Waals surface area (Å²) >= 11 is 0. The van der Waals surface area contributed by atoms with Gasteiger partial charge in [0, 0.05) is 19.1 Å². The van der Waals surface area contributed by atoms with Gasteiger partial charge in [-0.05, 0) is 26.8 Å². The molecular weight excluding hydrogens is 202 g/mol. The zero-order chi connectivity index (χ0) is 12.0. The Morgan fingerprint density at radius 2 is 2.38 bits per heavy atom. The highest BCUT2D eigenvalue weighted by Crippen LogP contribution is 2.12. The summed E-state index contributed by atoms with van der Waals surface area (Å²) in [5.41, 5.74) is -0.443. The molecule has 4 heteroatoms. The van der Waals surface area contributed by atoms with E-state index in [0.29, 0.717) is 6.04 Å². The SMILES string of the molecule is CCCNC(C)(C#N)CN1CCOCC1C. The van der Waals surface area contributed by atoms with Crippen LogP contribution in [0.1, 0.15) is 27.2 Å². The van der Waals surface area contributed by atoms with Gasteiger partial charge in [0.25, 0.3) is 0 Å². The van der Waals surface area contributed by atoms with Gasteiger partial charge in [0.15, 0.2) is 0 Å². The molecule has 0 bridgehead atoms. The van der Waals surface area contributed by atoms with E-state index >= 15 is 0 Å². The van der Waals surface area contributed by atoms with Gasteiger partial charge < -0.3 is 4.74 Å². The summed E-state index contributed by atoms with van der Waals surface area (Å²) in [6.07, 6.45) is 1.05. The van der Waals surface area contributed by atoms with Crippen molar-refractivity contribution in [1.29, 1.82) is 5.26 Å². The van der Waals surface area contributed by atoms with Gasteiger partial charge in [-0.1, -0.05) is 6.92 Å². The zero-order valence-corrected chi connectivity index (χ0v) is 10.6. The highest BCUT2D eigenvalue weighted by atomic mass is 16.5. The molecule has 0 aromatic rings. The molecule has 0 aromatic carbocycles. The fourth-order valence-corrected chi connectivity index (χ4v) is 1.93. The fourth-order valence-electron chi connectivity index (χ4n) is 1.93. The summed E-state index contributed by atoms with van der Waals surface area (Å²) in [5.74, 6) is 0. The molecule has 1 N–H and O–H groups in total. The van der Waals surface area contributed by atoms with Crippen LogP contribution in [0.5, 0.6) is 0 Å². The van der Waals surface area contributed by atoms with E-state index in [9.17, 15) is 5.26 Å². The van der Waals surface area contributed by atoms with Crippen molar-refractivity contribution < 1.29 is 4.74 Å². The molecule has 92 valence electrons. The molecule has 2 unspecified atom stereocenters. The molecular formula is C12H23N3O. The van der Waals surface area contributed by atoms with Gasteiger partial charge in [-0.25, -0.2) is 0 Å². The van der Waals surface area contributed by atoms with Crippen LogP contribution in [0.4, 0.5) is 0 Å². The van der Waals surface area contributed by atoms with E-state index in [2.05, 4.69) is 30.1 Å². The molecule has 0 aromatic heterocycles. The lowest BCUT2D eigenvalue weighted by Crippen LogP contribution is -2.55. The second kappa shape index (κ2) is 6.19. The topological polar surface area (TPSA) is 48.3 Å². The maximum absolute atomic E-state index is 9.26. The molecule has 1 fully saturated rings. The molecule has 0 aliphatic carbocycles. The van der Waals surface area contributed by atoms with Crippen LogP contribution in [0.25, 0.3) is 0 Å². The largest absolute Gasteiger partial charge is 0.379 e. The minimum Gasteiger partial charge on any atom is -0.379 e. The second-order valence-electron chi connectivity index (χ2n) is 4.77. The van der Waals surface area contributed by atoms with E-state index in [4.69, 9.17) is 4.74 Å². The average molecular weight is 225 g/mol. The van der Waals surface area contributed by atoms with Crippen LogP contribution in [-0.2, 0) is 4.74 Å². The highest BCUT2D eigenvalue weighted by molar-refractivity contribution is 5.06. The number of ether oxygens (including phenoxy) is 1. The van der Waals surface area contributed by atoms with Crippen LogP contribution in [0.15, 0.2) is 0 Å². The molecule has 0 saturated carbocycles. The maximum atomic E-state index is 9.26. The normalized spacial score (nSPS) is 26.0. The number of rotatable bonds is 5. The molecule has 1 saturated heterocycles. The number of hydrogen-bond acceptors (Lipinski definition) is 4. The molecule has 4 nitrogen and oxygen atoms in total. The van der Waals surface area contributed by atoms with E-state index in [1.165, 1.54) is 0 Å². The number of nitrogens with zero attached hydrogens (tertiary/aromatic N) is 2. The van der Waals surface area contributed by atoms with Crippen molar-refractivity contribution in [3.05, 3.63) is 0 Å². The van der Waals surface area contributed by atoms with Crippen LogP contribution < -0.4 is 5.32 Å². The number of morpholine rings is 1. The summed E-state index contributed by atoms with van der Waals surface area (Å²) < 4.78 is 5.40. The second-order valence-corrected chi connectivity index (χ2v) is 4.77. The van der Waals surface area contributed by atoms with E-state index in [0.717, 1.165) is 39.3 Å². The summed E-state index contributed by atoms with van der Waals surface area (Å²) in [4.78, 5) is 2.33. The predicted octanol–water partition coefficient (Wildman–Crippen LogP) is 0.989. The van der Waals surface area contributed by atoms with Crippen molar-refractivity contribution in [2.75, 3.05) is 32.8 Å². The quantitative estimate of drug-likeness (QED) is 0.758. The van der Waals surface area contributed by atoms with Gasteiger partial charge in [0.05, 0.1) is 19.3 Å². The lowest BCUT2D eigenvalue weighted by Gasteiger charge is -2.38. The van der Waals surface area contributed by atoms with Gasteiger partial charge in [-0.2, -0.15) is 5.26 Å². The number of hydrogen-bond donors (Lipinski definition) is 1. The van der Waals surface area contributed by atoms with Crippen LogP contribution in [-0.4, -0.2) is 49.3 Å². The molecule has 0 radical (unpaired) electrons. The molecule has 1 rings (SSSR count). The van der Waals surface area contributed by atoms with Crippen LogP contribution in [0.3, 0.4) is 0 Å². The summed E-state index contributed by atoms with van der Waals surface area (Å²) in [6, 6.07) is 2.79. The Labute approximate surface area is 98.6 Å². The van der Waals surface area contributed by atoms with Crippen molar-refractivity contribution >= 4 is 0 Å². The number of nitriles is 1. The fraction of sp³-hybridized carbons (Fsp3) is 0.917. The monoisotopic (exact) mass is 225 g/mol. The first-order chi connectivity index (χ1) is 7.61. The van der Waals surface area contributed by atoms with E-state index in [-0.39, 0.29) is 0 Å². The van der Waals surface area contributed by atoms with Crippen LogP contribution >= 0.6 is 0 Å². The van der Waals surface area contributed by atoms with Crippen molar-refractivity contribution in [1.82, 2.24) is 10.2 Å². The molecule has 16 heavy (non-hydrogen) atoms. The first-order valence-corrected chi connectivity index (χ1v) is 6.09. The Bertz CT molecular complexity index is 251. The molecule has 1 aliphatic rings. The first-order valence-electron chi connectivity index (χ1n) is 6.09. The third-order valence-electron chi connectivity index (χ3n) is 3.04. The van der Waals surface area contributed by atoms with Gasteiger partial charge in [-0.3, -0.25) is 10.2 Å². The van der Waals surface area contributed by atoms with Crippen molar-refractivity contribution in [3.8, 4) is 6.07 Å². The van der Waals surface area contributed by atoms with Gasteiger partial charge in [0.1, 0.15) is 5.54 Å². The maximum Gasteiger partial charge on any atom is 0.116 e. The molecule has 1 aliphatic heterocycles. The molecule has 0 spiro atoms. The molecule has 1 heterocycles. The van der Waals surface area contributed by atoms with Crippen molar-refractivity contribution in [3.63, 3.8) is 0 Å². The smallest absolute Gasteiger partial charge is 0.116 e. The molecule has 2 atom stereocenters. The Balaban J connectivity index is 2.51. The average Bonchev–Trinajstić information content (AvgIpc) is 2.30. The summed E-state index contributed by atoms with van der Waals surface area (Å²) in [5, 5.41) is 12.6. The first kappa shape index (κ1) is 13.4. The van der Waals surface area contributed by atoms with Gasteiger partial charge >= 0.3 is 0 Å². The Morgan fingerprint density at radius 1 is 1.62 bits per heavy atom. The molecule has 0 amide bonds. The van der Waals surface area contributed by atoms with Gasteiger partial charge in [0.2, 0.25) is 0 Å². The summed E-state index contributed by atoms with van der Waals surface area (Å²) in [6.45, 7) is 10.4. The third kappa shape index (κ3) is 3.75. The Morgan fingerprint density at radius 3 is 2.94 bits per heavy atom. The van der Waals surface area contributed by atoms with Gasteiger partial charge in [-0.15, -0.1) is 0 Å². The summed E-state index contributed by atoms with van der Waals surface area (Å²) in [7, 11) is 0. The standard InChI is InChI=1S/C12H23N3O/c1-4-5-14-12(3,9-13)10-15-6-7-16-8-11(15)2/h11,14H,4-8,10H2,1-3H3. The number of nitrogens with one attached hydrogen (secondary N) is 1. The predicted molar refractivity (Wildman–Crippen MR) is 64.2 cm³/mol. The highest BCUT2D eigenvalue weighted by Gasteiger charge is 2.29. The minimum absolute atomic E-state index is 0.407. The Kier molecular flexibility index (Phi) is 5.20. The lowest BCUT2D eigenvalue weighted by molar-refractivity contribution is -0.00764. The van der Waals surface area contributed by atoms with Crippen LogP contribution in [0, 0.1) is 11.3 Å². The lowest BCUT2D eigenvalue weighted by atomic mass is 10.0. The van der Waals surface area contributed by atoms with Crippen molar-refractivity contribution in [2.45, 2.75) is 38.8 Å². The zero-order valence-electron chi connectivity index (χ0n) is 10.6. The van der Waals surface area contributed by atoms with Crippen LogP contribution in [0.2, 0.25) is 0 Å². The minimum atomic E-state index is -0.443. The third-order valence-corrected chi connectivity index (χ3v) is 3.04. The van der Waals surface area contributed by atoms with E-state index < -0.39 is 5.54 Å². The van der Waals surface area contributed by atoms with E-state index in [1.54, 1.807) is 0 Å². The van der Waals surface area contributed by atoms with E-state index in [1.807, 2.05) is 6.92 Å². The Hall–Kier alpha value is -0.630. The van der Waals surface area contributed by atoms with Crippen molar-refractivity contribution in [2.24, 2.45) is 0 Å².